The van der Waals surface area contributed by atoms with Gasteiger partial charge in [0, 0.05) is 24.4 Å². The molecule has 114 valence electrons. The van der Waals surface area contributed by atoms with Gasteiger partial charge in [-0.25, -0.2) is 0 Å². The van der Waals surface area contributed by atoms with Crippen molar-refractivity contribution in [3.8, 4) is 11.8 Å². The number of likely N-dealkylation sites (tertiary alicyclic amines) is 1. The molecule has 0 amide bonds. The lowest BCUT2D eigenvalue weighted by Gasteiger charge is -2.31. The molecule has 3 heteroatoms. The quantitative estimate of drug-likeness (QED) is 0.828. The van der Waals surface area contributed by atoms with E-state index in [1.165, 1.54) is 29.7 Å². The SMILES string of the molecule is CCC[C@@](C)(O)C#CC[NH+]1CCCC[C@@H]1c1cccnc1. The first-order chi connectivity index (χ1) is 10.1. The molecule has 2 N–H and O–H groups in total. The van der Waals surface area contributed by atoms with Crippen molar-refractivity contribution in [3.63, 3.8) is 0 Å². The first-order valence-electron chi connectivity index (χ1n) is 8.09. The third-order valence-corrected chi connectivity index (χ3v) is 4.23. The largest absolute Gasteiger partial charge is 0.378 e. The molecule has 0 aromatic carbocycles. The van der Waals surface area contributed by atoms with E-state index >= 15 is 0 Å². The third-order valence-electron chi connectivity index (χ3n) is 4.23. The van der Waals surface area contributed by atoms with Gasteiger partial charge in [0.15, 0.2) is 0 Å². The first-order valence-corrected chi connectivity index (χ1v) is 8.09. The van der Waals surface area contributed by atoms with Crippen molar-refractivity contribution in [1.29, 1.82) is 0 Å². The van der Waals surface area contributed by atoms with Crippen LogP contribution in [0.1, 0.15) is 57.6 Å². The van der Waals surface area contributed by atoms with Crippen LogP contribution in [0.3, 0.4) is 0 Å². The van der Waals surface area contributed by atoms with Crippen LogP contribution in [0.25, 0.3) is 0 Å². The summed E-state index contributed by atoms with van der Waals surface area (Å²) in [6.07, 6.45) is 9.25. The second kappa shape index (κ2) is 7.59. The van der Waals surface area contributed by atoms with Crippen molar-refractivity contribution in [1.82, 2.24) is 4.98 Å². The number of piperidine rings is 1. The Hall–Kier alpha value is -1.37. The van der Waals surface area contributed by atoms with Gasteiger partial charge in [0.1, 0.15) is 18.2 Å². The Morgan fingerprint density at radius 2 is 2.33 bits per heavy atom. The van der Waals surface area contributed by atoms with Crippen molar-refractivity contribution in [2.24, 2.45) is 0 Å². The summed E-state index contributed by atoms with van der Waals surface area (Å²) >= 11 is 0. The number of hydrogen-bond donors (Lipinski definition) is 2. The molecule has 3 nitrogen and oxygen atoms in total. The molecule has 1 fully saturated rings. The molecular weight excluding hydrogens is 260 g/mol. The lowest BCUT2D eigenvalue weighted by molar-refractivity contribution is -0.930. The van der Waals surface area contributed by atoms with Crippen molar-refractivity contribution in [3.05, 3.63) is 30.1 Å². The predicted molar refractivity (Wildman–Crippen MR) is 84.8 cm³/mol. The molecule has 1 aliphatic heterocycles. The number of rotatable bonds is 4. The number of pyridine rings is 1. The van der Waals surface area contributed by atoms with E-state index in [0.29, 0.717) is 6.04 Å². The fourth-order valence-corrected chi connectivity index (χ4v) is 3.17. The maximum atomic E-state index is 10.1. The summed E-state index contributed by atoms with van der Waals surface area (Å²) in [6.45, 7) is 5.85. The van der Waals surface area contributed by atoms with E-state index in [2.05, 4.69) is 29.8 Å². The van der Waals surface area contributed by atoms with Crippen molar-refractivity contribution < 1.29 is 10.0 Å². The summed E-state index contributed by atoms with van der Waals surface area (Å²) < 4.78 is 0. The zero-order valence-electron chi connectivity index (χ0n) is 13.2. The third kappa shape index (κ3) is 4.84. The molecular formula is C18H27N2O+. The Morgan fingerprint density at radius 3 is 3.05 bits per heavy atom. The minimum absolute atomic E-state index is 0.498. The van der Waals surface area contributed by atoms with Crippen LogP contribution in [0.15, 0.2) is 24.5 Å². The highest BCUT2D eigenvalue weighted by atomic mass is 16.3. The first kappa shape index (κ1) is 16.0. The van der Waals surface area contributed by atoms with E-state index in [1.54, 1.807) is 0 Å². The molecule has 21 heavy (non-hydrogen) atoms. The summed E-state index contributed by atoms with van der Waals surface area (Å²) in [4.78, 5) is 5.76. The number of nitrogens with one attached hydrogen (secondary N) is 1. The lowest BCUT2D eigenvalue weighted by Crippen LogP contribution is -3.13. The van der Waals surface area contributed by atoms with Crippen LogP contribution < -0.4 is 4.90 Å². The van der Waals surface area contributed by atoms with Crippen molar-refractivity contribution in [2.45, 2.75) is 57.6 Å². The van der Waals surface area contributed by atoms with Gasteiger partial charge < -0.3 is 10.0 Å². The average molecular weight is 287 g/mol. The molecule has 3 atom stereocenters. The summed E-state index contributed by atoms with van der Waals surface area (Å²) in [5.74, 6) is 6.27. The van der Waals surface area contributed by atoms with Gasteiger partial charge in [-0.15, -0.1) is 0 Å². The Kier molecular flexibility index (Phi) is 5.78. The topological polar surface area (TPSA) is 37.6 Å². The molecule has 2 rings (SSSR count). The summed E-state index contributed by atoms with van der Waals surface area (Å²) in [7, 11) is 0. The number of hydrogen-bond acceptors (Lipinski definition) is 2. The van der Waals surface area contributed by atoms with Crippen LogP contribution in [0.4, 0.5) is 0 Å². The number of aliphatic hydroxyl groups is 1. The van der Waals surface area contributed by atoms with Crippen LogP contribution in [0.5, 0.6) is 0 Å². The number of nitrogens with zero attached hydrogens (tertiary/aromatic N) is 1. The van der Waals surface area contributed by atoms with Gasteiger partial charge in [-0.2, -0.15) is 0 Å². The summed E-state index contributed by atoms with van der Waals surface area (Å²) in [5, 5.41) is 10.1. The summed E-state index contributed by atoms with van der Waals surface area (Å²) in [6, 6.07) is 4.68. The Bertz CT molecular complexity index is 487. The Labute approximate surface area is 128 Å². The van der Waals surface area contributed by atoms with E-state index in [9.17, 15) is 5.11 Å². The fraction of sp³-hybridized carbons (Fsp3) is 0.611. The Balaban J connectivity index is 2.02. The van der Waals surface area contributed by atoms with E-state index in [4.69, 9.17) is 0 Å². The standard InChI is InChI=1S/C18H26N2O/c1-3-10-18(2,21)11-7-14-20-13-5-4-9-17(20)16-8-6-12-19-15-16/h6,8,12,15,17,21H,3-5,9-10,13-14H2,1-2H3/p+1/t17-,18-/m1/s1. The average Bonchev–Trinajstić information content (AvgIpc) is 2.48. The van der Waals surface area contributed by atoms with Gasteiger partial charge >= 0.3 is 0 Å². The predicted octanol–water partition coefficient (Wildman–Crippen LogP) is 1.75. The summed E-state index contributed by atoms with van der Waals surface area (Å²) in [5.41, 5.74) is 0.475. The van der Waals surface area contributed by atoms with Crippen molar-refractivity contribution >= 4 is 0 Å². The molecule has 1 unspecified atom stereocenters. The van der Waals surface area contributed by atoms with Gasteiger partial charge in [-0.3, -0.25) is 4.98 Å². The van der Waals surface area contributed by atoms with Crippen LogP contribution >= 0.6 is 0 Å². The minimum atomic E-state index is -0.840. The molecule has 1 aliphatic rings. The zero-order valence-corrected chi connectivity index (χ0v) is 13.2. The van der Waals surface area contributed by atoms with Crippen LogP contribution in [0, 0.1) is 11.8 Å². The fourth-order valence-electron chi connectivity index (χ4n) is 3.17. The molecule has 1 saturated heterocycles. The zero-order chi connectivity index (χ0) is 15.1. The van der Waals surface area contributed by atoms with E-state index in [-0.39, 0.29) is 0 Å². The van der Waals surface area contributed by atoms with E-state index in [1.807, 2.05) is 25.4 Å². The Morgan fingerprint density at radius 1 is 1.48 bits per heavy atom. The molecule has 0 bridgehead atoms. The monoisotopic (exact) mass is 287 g/mol. The maximum Gasteiger partial charge on any atom is 0.139 e. The molecule has 0 spiro atoms. The molecule has 1 aromatic heterocycles. The smallest absolute Gasteiger partial charge is 0.139 e. The van der Waals surface area contributed by atoms with Gasteiger partial charge in [0.25, 0.3) is 0 Å². The molecule has 0 aliphatic carbocycles. The minimum Gasteiger partial charge on any atom is -0.378 e. The number of aromatic nitrogens is 1. The van der Waals surface area contributed by atoms with Crippen LogP contribution in [-0.4, -0.2) is 28.8 Å². The highest BCUT2D eigenvalue weighted by Gasteiger charge is 2.27. The molecule has 2 heterocycles. The number of quaternary nitrogens is 1. The van der Waals surface area contributed by atoms with Gasteiger partial charge in [-0.05, 0) is 38.2 Å². The highest BCUT2D eigenvalue weighted by molar-refractivity contribution is 5.14. The second-order valence-electron chi connectivity index (χ2n) is 6.25. The van der Waals surface area contributed by atoms with Gasteiger partial charge in [0.05, 0.1) is 6.54 Å². The van der Waals surface area contributed by atoms with Gasteiger partial charge in [0.2, 0.25) is 0 Å². The van der Waals surface area contributed by atoms with E-state index in [0.717, 1.165) is 25.9 Å². The lowest BCUT2D eigenvalue weighted by atomic mass is 9.96. The maximum absolute atomic E-state index is 10.1. The second-order valence-corrected chi connectivity index (χ2v) is 6.25. The molecule has 0 radical (unpaired) electrons. The normalized spacial score (nSPS) is 24.7. The van der Waals surface area contributed by atoms with Crippen LogP contribution in [0.2, 0.25) is 0 Å². The van der Waals surface area contributed by atoms with Crippen LogP contribution in [-0.2, 0) is 0 Å². The molecule has 0 saturated carbocycles. The van der Waals surface area contributed by atoms with E-state index < -0.39 is 5.60 Å². The van der Waals surface area contributed by atoms with Gasteiger partial charge in [-0.1, -0.05) is 25.3 Å². The molecule has 1 aromatic rings. The van der Waals surface area contributed by atoms with Crippen molar-refractivity contribution in [2.75, 3.05) is 13.1 Å². The highest BCUT2D eigenvalue weighted by Crippen LogP contribution is 2.18.